The number of halogens is 3. The smallest absolute Gasteiger partial charge is 0.301 e. The number of thiocarbonyl (C=S) groups is 1. The van der Waals surface area contributed by atoms with Crippen molar-refractivity contribution >= 4 is 23.2 Å². The van der Waals surface area contributed by atoms with Gasteiger partial charge in [-0.1, -0.05) is 30.3 Å². The Balaban J connectivity index is 3.01. The first-order valence-corrected chi connectivity index (χ1v) is 5.20. The molecule has 4 nitrogen and oxygen atoms in total. The lowest BCUT2D eigenvalue weighted by Gasteiger charge is -2.20. The lowest BCUT2D eigenvalue weighted by Crippen LogP contribution is -2.47. The van der Waals surface area contributed by atoms with Crippen LogP contribution >= 0.6 is 12.2 Å². The predicted molar refractivity (Wildman–Crippen MR) is 63.3 cm³/mol. The van der Waals surface area contributed by atoms with Crippen LogP contribution < -0.4 is 16.6 Å². The summed E-state index contributed by atoms with van der Waals surface area (Å²) in [5, 5.41) is 1.50. The Morgan fingerprint density at radius 3 is 2.28 bits per heavy atom. The fourth-order valence-electron chi connectivity index (χ4n) is 1.35. The quantitative estimate of drug-likeness (QED) is 0.432. The second-order valence-electron chi connectivity index (χ2n) is 3.35. The molecule has 0 bridgehead atoms. The van der Waals surface area contributed by atoms with Crippen LogP contribution in [0.1, 0.15) is 11.5 Å². The number of hydrogen-bond acceptors (Lipinski definition) is 3. The molecule has 0 aliphatic carbocycles. The van der Waals surface area contributed by atoms with E-state index in [1.54, 1.807) is 6.07 Å². The fraction of sp³-hybridized carbons (Fsp3) is 0.200. The fourth-order valence-corrected chi connectivity index (χ4v) is 1.46. The summed E-state index contributed by atoms with van der Waals surface area (Å²) in [4.78, 5) is 11.5. The van der Waals surface area contributed by atoms with E-state index in [9.17, 15) is 18.0 Å². The Kier molecular flexibility index (Phi) is 4.62. The topological polar surface area (TPSA) is 67.2 Å². The van der Waals surface area contributed by atoms with Gasteiger partial charge in [0, 0.05) is 0 Å². The van der Waals surface area contributed by atoms with Gasteiger partial charge in [-0.25, -0.2) is 5.84 Å². The molecular weight excluding hydrogens is 267 g/mol. The summed E-state index contributed by atoms with van der Waals surface area (Å²) in [6.07, 6.45) is -4.71. The van der Waals surface area contributed by atoms with Crippen molar-refractivity contribution in [1.29, 1.82) is 0 Å². The van der Waals surface area contributed by atoms with Crippen LogP contribution in [0.3, 0.4) is 0 Å². The van der Waals surface area contributed by atoms with Gasteiger partial charge in [0.25, 0.3) is 0 Å². The van der Waals surface area contributed by atoms with E-state index < -0.39 is 18.0 Å². The third-order valence-corrected chi connectivity index (χ3v) is 2.31. The molecule has 0 radical (unpaired) electrons. The highest BCUT2D eigenvalue weighted by Crippen LogP contribution is 2.34. The first-order valence-electron chi connectivity index (χ1n) is 4.79. The molecule has 8 heteroatoms. The minimum Gasteiger partial charge on any atom is -0.301 e. The van der Waals surface area contributed by atoms with Crippen molar-refractivity contribution in [2.24, 2.45) is 5.84 Å². The van der Waals surface area contributed by atoms with Gasteiger partial charge in [0.2, 0.25) is 5.91 Å². The maximum Gasteiger partial charge on any atom is 0.404 e. The Labute approximate surface area is 106 Å². The first-order chi connectivity index (χ1) is 8.36. The zero-order chi connectivity index (χ0) is 13.8. The van der Waals surface area contributed by atoms with Crippen molar-refractivity contribution < 1.29 is 18.0 Å². The lowest BCUT2D eigenvalue weighted by molar-refractivity contribution is -0.164. The zero-order valence-electron chi connectivity index (χ0n) is 8.99. The number of carbonyl (C=O) groups is 1. The van der Waals surface area contributed by atoms with Gasteiger partial charge < -0.3 is 10.7 Å². The molecule has 0 aliphatic rings. The van der Waals surface area contributed by atoms with Crippen LogP contribution in [0.4, 0.5) is 13.2 Å². The molecular formula is C10H10F3N3OS. The molecule has 0 spiro atoms. The average Bonchev–Trinajstić information content (AvgIpc) is 2.28. The van der Waals surface area contributed by atoms with E-state index in [0.717, 1.165) is 0 Å². The van der Waals surface area contributed by atoms with Crippen LogP contribution in [0.5, 0.6) is 0 Å². The van der Waals surface area contributed by atoms with E-state index in [2.05, 4.69) is 12.2 Å². The molecule has 1 rings (SSSR count). The molecule has 0 saturated heterocycles. The third-order valence-electron chi connectivity index (χ3n) is 2.09. The van der Waals surface area contributed by atoms with Crippen LogP contribution in [0.25, 0.3) is 0 Å². The maximum absolute atomic E-state index is 12.9. The molecule has 1 amide bonds. The summed E-state index contributed by atoms with van der Waals surface area (Å²) in [6, 6.07) is 6.83. The third kappa shape index (κ3) is 3.67. The molecule has 98 valence electrons. The van der Waals surface area contributed by atoms with Crippen molar-refractivity contribution in [3.63, 3.8) is 0 Å². The number of rotatable bonds is 2. The maximum atomic E-state index is 12.9. The van der Waals surface area contributed by atoms with E-state index in [1.807, 2.05) is 10.7 Å². The van der Waals surface area contributed by atoms with Gasteiger partial charge in [-0.2, -0.15) is 13.2 Å². The predicted octanol–water partition coefficient (Wildman–Crippen LogP) is 1.20. The number of hydrogen-bond donors (Lipinski definition) is 3. The molecule has 0 fully saturated rings. The number of carbonyl (C=O) groups excluding carboxylic acids is 1. The minimum absolute atomic E-state index is 0.165. The van der Waals surface area contributed by atoms with Crippen molar-refractivity contribution in [1.82, 2.24) is 10.7 Å². The normalized spacial score (nSPS) is 12.7. The van der Waals surface area contributed by atoms with E-state index in [-0.39, 0.29) is 10.7 Å². The molecule has 0 aromatic heterocycles. The number of nitrogens with two attached hydrogens (primary N) is 1. The van der Waals surface area contributed by atoms with E-state index >= 15 is 0 Å². The van der Waals surface area contributed by atoms with Crippen LogP contribution in [-0.4, -0.2) is 17.2 Å². The van der Waals surface area contributed by atoms with Gasteiger partial charge in [0.15, 0.2) is 11.0 Å². The number of hydrazine groups is 1. The van der Waals surface area contributed by atoms with Gasteiger partial charge >= 0.3 is 6.18 Å². The highest BCUT2D eigenvalue weighted by molar-refractivity contribution is 7.80. The summed E-state index contributed by atoms with van der Waals surface area (Å²) < 4.78 is 38.6. The van der Waals surface area contributed by atoms with Gasteiger partial charge in [-0.15, -0.1) is 0 Å². The molecule has 1 aromatic rings. The Hall–Kier alpha value is -1.67. The summed E-state index contributed by atoms with van der Waals surface area (Å²) in [6.45, 7) is 0. The van der Waals surface area contributed by atoms with Gasteiger partial charge in [-0.05, 0) is 17.8 Å². The summed E-state index contributed by atoms with van der Waals surface area (Å²) >= 11 is 4.49. The van der Waals surface area contributed by atoms with E-state index in [4.69, 9.17) is 5.84 Å². The summed E-state index contributed by atoms with van der Waals surface area (Å²) in [5.41, 5.74) is 1.72. The number of alkyl halides is 3. The van der Waals surface area contributed by atoms with Crippen molar-refractivity contribution in [3.05, 3.63) is 35.9 Å². The minimum atomic E-state index is -4.71. The van der Waals surface area contributed by atoms with Crippen LogP contribution in [0, 0.1) is 0 Å². The lowest BCUT2D eigenvalue weighted by atomic mass is 9.98. The Morgan fingerprint density at radius 2 is 1.83 bits per heavy atom. The van der Waals surface area contributed by atoms with Gasteiger partial charge in [0.05, 0.1) is 0 Å². The largest absolute Gasteiger partial charge is 0.404 e. The standard InChI is InChI=1S/C10H10F3N3OS/c11-10(12,13)7(6-4-2-1-3-5-6)8(17)15-9(18)16-14/h1-5,7H,14H2,(H2,15,16,17,18). The van der Waals surface area contributed by atoms with Crippen LogP contribution in [0.15, 0.2) is 30.3 Å². The Bertz CT molecular complexity index is 436. The summed E-state index contributed by atoms with van der Waals surface area (Å²) in [7, 11) is 0. The molecule has 18 heavy (non-hydrogen) atoms. The molecule has 0 aliphatic heterocycles. The number of nitrogens with one attached hydrogen (secondary N) is 2. The van der Waals surface area contributed by atoms with Crippen molar-refractivity contribution in [2.45, 2.75) is 12.1 Å². The highest BCUT2D eigenvalue weighted by Gasteiger charge is 2.46. The van der Waals surface area contributed by atoms with Crippen molar-refractivity contribution in [3.8, 4) is 0 Å². The second kappa shape index (κ2) is 5.78. The SMILES string of the molecule is NNC(=S)NC(=O)C(c1ccccc1)C(F)(F)F. The monoisotopic (exact) mass is 277 g/mol. The van der Waals surface area contributed by atoms with E-state index in [0.29, 0.717) is 0 Å². The second-order valence-corrected chi connectivity index (χ2v) is 3.76. The Morgan fingerprint density at radius 1 is 1.28 bits per heavy atom. The average molecular weight is 277 g/mol. The van der Waals surface area contributed by atoms with Crippen LogP contribution in [0.2, 0.25) is 0 Å². The highest BCUT2D eigenvalue weighted by atomic mass is 32.1. The molecule has 1 atom stereocenters. The first kappa shape index (κ1) is 14.4. The van der Waals surface area contributed by atoms with Crippen molar-refractivity contribution in [2.75, 3.05) is 0 Å². The summed E-state index contributed by atoms with van der Waals surface area (Å²) in [5.74, 6) is 1.31. The molecule has 4 N–H and O–H groups in total. The van der Waals surface area contributed by atoms with Gasteiger partial charge in [-0.3, -0.25) is 4.79 Å². The molecule has 1 unspecified atom stereocenters. The molecule has 0 saturated carbocycles. The van der Waals surface area contributed by atoms with Crippen LogP contribution in [-0.2, 0) is 4.79 Å². The van der Waals surface area contributed by atoms with E-state index in [1.165, 1.54) is 24.3 Å². The molecule has 1 aromatic carbocycles. The molecule has 0 heterocycles. The number of benzene rings is 1. The zero-order valence-corrected chi connectivity index (χ0v) is 9.81. The van der Waals surface area contributed by atoms with Gasteiger partial charge in [0.1, 0.15) is 0 Å². The number of amides is 1.